The van der Waals surface area contributed by atoms with Gasteiger partial charge in [-0.25, -0.2) is 4.79 Å². The highest BCUT2D eigenvalue weighted by Gasteiger charge is 2.50. The molecule has 136 valence electrons. The number of amides is 3. The molecule has 2 aliphatic rings. The molecule has 1 spiro atoms. The first-order valence-electron chi connectivity index (χ1n) is 9.11. The normalized spacial score (nSPS) is 21.6. The van der Waals surface area contributed by atoms with Crippen molar-refractivity contribution in [3.05, 3.63) is 30.3 Å². The van der Waals surface area contributed by atoms with E-state index in [1.807, 2.05) is 18.2 Å². The maximum absolute atomic E-state index is 12.9. The van der Waals surface area contributed by atoms with E-state index >= 15 is 0 Å². The van der Waals surface area contributed by atoms with Crippen LogP contribution in [0.3, 0.4) is 0 Å². The summed E-state index contributed by atoms with van der Waals surface area (Å²) in [5, 5.41) is 13.1. The van der Waals surface area contributed by atoms with E-state index in [9.17, 15) is 14.7 Å². The van der Waals surface area contributed by atoms with Crippen LogP contribution in [0, 0.1) is 0 Å². The Bertz CT molecular complexity index is 597. The molecule has 6 nitrogen and oxygen atoms in total. The number of para-hydroxylation sites is 1. The van der Waals surface area contributed by atoms with Crippen molar-refractivity contribution in [2.75, 3.05) is 13.2 Å². The molecule has 1 aromatic rings. The first kappa shape index (κ1) is 17.7. The molecule has 1 heterocycles. The van der Waals surface area contributed by atoms with E-state index in [-0.39, 0.29) is 19.1 Å². The SMILES string of the molecule is O=C1NC2(CCCCCCC2)C(=O)N1C[C@@H](O)COc1ccccc1. The summed E-state index contributed by atoms with van der Waals surface area (Å²) in [6.45, 7) is -0.00662. The summed E-state index contributed by atoms with van der Waals surface area (Å²) in [6.07, 6.45) is 5.72. The van der Waals surface area contributed by atoms with Crippen LogP contribution in [-0.2, 0) is 4.79 Å². The van der Waals surface area contributed by atoms with Gasteiger partial charge in [-0.1, -0.05) is 50.3 Å². The highest BCUT2D eigenvalue weighted by atomic mass is 16.5. The van der Waals surface area contributed by atoms with Gasteiger partial charge in [0.15, 0.2) is 0 Å². The third kappa shape index (κ3) is 4.12. The summed E-state index contributed by atoms with van der Waals surface area (Å²) in [5.74, 6) is 0.452. The topological polar surface area (TPSA) is 78.9 Å². The molecule has 0 bridgehead atoms. The molecular formula is C19H26N2O4. The zero-order chi connectivity index (χ0) is 17.7. The van der Waals surface area contributed by atoms with Gasteiger partial charge in [-0.2, -0.15) is 0 Å². The number of carbonyl (C=O) groups is 2. The molecular weight excluding hydrogens is 320 g/mol. The summed E-state index contributed by atoms with van der Waals surface area (Å²) in [5.41, 5.74) is -0.766. The van der Waals surface area contributed by atoms with E-state index < -0.39 is 17.7 Å². The number of nitrogens with one attached hydrogen (secondary N) is 1. The zero-order valence-corrected chi connectivity index (χ0v) is 14.4. The highest BCUT2D eigenvalue weighted by Crippen LogP contribution is 2.32. The van der Waals surface area contributed by atoms with Crippen LogP contribution >= 0.6 is 0 Å². The van der Waals surface area contributed by atoms with Crippen LogP contribution in [0.1, 0.15) is 44.9 Å². The van der Waals surface area contributed by atoms with Gasteiger partial charge in [0.1, 0.15) is 24.0 Å². The fraction of sp³-hybridized carbons (Fsp3) is 0.579. The molecule has 1 aliphatic heterocycles. The highest BCUT2D eigenvalue weighted by molar-refractivity contribution is 6.07. The van der Waals surface area contributed by atoms with Crippen molar-refractivity contribution in [3.63, 3.8) is 0 Å². The number of ether oxygens (including phenoxy) is 1. The largest absolute Gasteiger partial charge is 0.491 e. The van der Waals surface area contributed by atoms with E-state index in [1.54, 1.807) is 12.1 Å². The van der Waals surface area contributed by atoms with E-state index in [2.05, 4.69) is 5.32 Å². The monoisotopic (exact) mass is 346 g/mol. The maximum atomic E-state index is 12.9. The minimum Gasteiger partial charge on any atom is -0.491 e. The van der Waals surface area contributed by atoms with Crippen molar-refractivity contribution in [2.24, 2.45) is 0 Å². The van der Waals surface area contributed by atoms with Crippen molar-refractivity contribution in [2.45, 2.75) is 56.6 Å². The van der Waals surface area contributed by atoms with E-state index in [0.717, 1.165) is 30.6 Å². The second-order valence-corrected chi connectivity index (χ2v) is 6.97. The van der Waals surface area contributed by atoms with Crippen molar-refractivity contribution >= 4 is 11.9 Å². The summed E-state index contributed by atoms with van der Waals surface area (Å²) in [6, 6.07) is 8.76. The number of aliphatic hydroxyl groups is 1. The summed E-state index contributed by atoms with van der Waals surface area (Å²) >= 11 is 0. The van der Waals surface area contributed by atoms with E-state index in [1.165, 1.54) is 6.42 Å². The molecule has 0 radical (unpaired) electrons. The molecule has 1 saturated carbocycles. The van der Waals surface area contributed by atoms with Gasteiger partial charge >= 0.3 is 6.03 Å². The first-order valence-corrected chi connectivity index (χ1v) is 9.11. The van der Waals surface area contributed by atoms with Gasteiger partial charge in [-0.05, 0) is 25.0 Å². The summed E-state index contributed by atoms with van der Waals surface area (Å²) < 4.78 is 5.50. The van der Waals surface area contributed by atoms with Crippen LogP contribution < -0.4 is 10.1 Å². The minimum absolute atomic E-state index is 0.0358. The number of imide groups is 1. The molecule has 1 aromatic carbocycles. The van der Waals surface area contributed by atoms with Gasteiger partial charge < -0.3 is 15.2 Å². The smallest absolute Gasteiger partial charge is 0.325 e. The molecule has 3 amide bonds. The lowest BCUT2D eigenvalue weighted by Crippen LogP contribution is -2.48. The van der Waals surface area contributed by atoms with Gasteiger partial charge in [0.05, 0.1) is 6.54 Å². The average molecular weight is 346 g/mol. The Hall–Kier alpha value is -2.08. The number of aliphatic hydroxyl groups excluding tert-OH is 1. The van der Waals surface area contributed by atoms with Crippen LogP contribution in [0.25, 0.3) is 0 Å². The number of β-amino-alcohol motifs (C(OH)–C–C–N with tert-alkyl or cyclic N) is 1. The molecule has 0 unspecified atom stereocenters. The molecule has 1 saturated heterocycles. The molecule has 1 atom stereocenters. The Labute approximate surface area is 148 Å². The number of hydrogen-bond donors (Lipinski definition) is 2. The van der Waals surface area contributed by atoms with E-state index in [0.29, 0.717) is 18.6 Å². The van der Waals surface area contributed by atoms with Crippen LogP contribution in [0.15, 0.2) is 30.3 Å². The Kier molecular flexibility index (Phi) is 5.58. The molecule has 2 fully saturated rings. The zero-order valence-electron chi connectivity index (χ0n) is 14.4. The van der Waals surface area contributed by atoms with Gasteiger partial charge in [0.25, 0.3) is 5.91 Å². The van der Waals surface area contributed by atoms with Crippen LogP contribution in [0.5, 0.6) is 5.75 Å². The van der Waals surface area contributed by atoms with Crippen molar-refractivity contribution in [1.82, 2.24) is 10.2 Å². The third-order valence-electron chi connectivity index (χ3n) is 5.03. The predicted octanol–water partition coefficient (Wildman–Crippen LogP) is 2.46. The van der Waals surface area contributed by atoms with Crippen LogP contribution in [-0.4, -0.2) is 46.7 Å². The summed E-state index contributed by atoms with van der Waals surface area (Å²) in [7, 11) is 0. The minimum atomic E-state index is -0.918. The van der Waals surface area contributed by atoms with Crippen molar-refractivity contribution in [3.8, 4) is 5.75 Å². The van der Waals surface area contributed by atoms with Gasteiger partial charge in [0.2, 0.25) is 0 Å². The van der Waals surface area contributed by atoms with E-state index in [4.69, 9.17) is 4.74 Å². The number of benzene rings is 1. The second-order valence-electron chi connectivity index (χ2n) is 6.97. The average Bonchev–Trinajstić information content (AvgIpc) is 2.82. The molecule has 25 heavy (non-hydrogen) atoms. The Morgan fingerprint density at radius 3 is 2.40 bits per heavy atom. The standard InChI is InChI=1S/C19H26N2O4/c22-15(14-25-16-9-5-4-6-10-16)13-21-17(23)19(20-18(21)24)11-7-2-1-3-8-12-19/h4-6,9-10,15,22H,1-3,7-8,11-14H2,(H,20,24)/t15-/m1/s1. The number of hydrogen-bond acceptors (Lipinski definition) is 4. The number of nitrogens with zero attached hydrogens (tertiary/aromatic N) is 1. The van der Waals surface area contributed by atoms with Gasteiger partial charge in [-0.3, -0.25) is 9.69 Å². The lowest BCUT2D eigenvalue weighted by molar-refractivity contribution is -0.133. The quantitative estimate of drug-likeness (QED) is 0.803. The predicted molar refractivity (Wildman–Crippen MR) is 93.2 cm³/mol. The fourth-order valence-corrected chi connectivity index (χ4v) is 3.66. The number of rotatable bonds is 5. The molecule has 1 aliphatic carbocycles. The maximum Gasteiger partial charge on any atom is 0.325 e. The fourth-order valence-electron chi connectivity index (χ4n) is 3.66. The van der Waals surface area contributed by atoms with Crippen LogP contribution in [0.2, 0.25) is 0 Å². The molecule has 0 aromatic heterocycles. The Balaban J connectivity index is 1.58. The third-order valence-corrected chi connectivity index (χ3v) is 5.03. The number of urea groups is 1. The first-order chi connectivity index (χ1) is 12.1. The second kappa shape index (κ2) is 7.87. The Morgan fingerprint density at radius 1 is 1.08 bits per heavy atom. The van der Waals surface area contributed by atoms with Crippen molar-refractivity contribution in [1.29, 1.82) is 0 Å². The van der Waals surface area contributed by atoms with Crippen LogP contribution in [0.4, 0.5) is 4.79 Å². The van der Waals surface area contributed by atoms with Crippen molar-refractivity contribution < 1.29 is 19.4 Å². The molecule has 2 N–H and O–H groups in total. The summed E-state index contributed by atoms with van der Waals surface area (Å²) in [4.78, 5) is 26.3. The Morgan fingerprint density at radius 2 is 1.72 bits per heavy atom. The van der Waals surface area contributed by atoms with Gasteiger partial charge in [0, 0.05) is 0 Å². The lowest BCUT2D eigenvalue weighted by Gasteiger charge is -2.28. The number of carbonyl (C=O) groups excluding carboxylic acids is 2. The molecule has 6 heteroatoms. The van der Waals surface area contributed by atoms with Gasteiger partial charge in [-0.15, -0.1) is 0 Å². The lowest BCUT2D eigenvalue weighted by atomic mass is 9.84. The molecule has 3 rings (SSSR count).